The van der Waals surface area contributed by atoms with Crippen molar-refractivity contribution < 1.29 is 9.53 Å². The van der Waals surface area contributed by atoms with E-state index in [1.54, 1.807) is 0 Å². The van der Waals surface area contributed by atoms with Gasteiger partial charge in [0.25, 0.3) is 0 Å². The van der Waals surface area contributed by atoms with Crippen LogP contribution < -0.4 is 10.5 Å². The van der Waals surface area contributed by atoms with Crippen LogP contribution in [0.5, 0.6) is 5.75 Å². The molecule has 1 heterocycles. The van der Waals surface area contributed by atoms with Gasteiger partial charge < -0.3 is 15.4 Å². The van der Waals surface area contributed by atoms with Crippen LogP contribution in [0.3, 0.4) is 0 Å². The first-order valence-corrected chi connectivity index (χ1v) is 7.66. The van der Waals surface area contributed by atoms with Crippen LogP contribution in [0, 0.1) is 0 Å². The van der Waals surface area contributed by atoms with Crippen molar-refractivity contribution in [2.24, 2.45) is 5.73 Å². The molecular weight excluding hydrogens is 266 g/mol. The molecule has 1 aromatic rings. The van der Waals surface area contributed by atoms with Crippen LogP contribution in [0.25, 0.3) is 0 Å². The van der Waals surface area contributed by atoms with Gasteiger partial charge in [-0.3, -0.25) is 9.69 Å². The Hall–Kier alpha value is -1.59. The fraction of sp³-hybridized carbons (Fsp3) is 0.562. The van der Waals surface area contributed by atoms with Crippen molar-refractivity contribution in [3.63, 3.8) is 0 Å². The Morgan fingerprint density at radius 2 is 1.81 bits per heavy atom. The highest BCUT2D eigenvalue weighted by atomic mass is 16.5. The molecule has 5 heteroatoms. The van der Waals surface area contributed by atoms with E-state index in [-0.39, 0.29) is 5.91 Å². The number of carbonyl (C=O) groups excluding carboxylic acids is 1. The zero-order chi connectivity index (χ0) is 14.7. The second-order valence-corrected chi connectivity index (χ2v) is 5.95. The molecule has 1 saturated carbocycles. The molecular formula is C16H23N3O2. The summed E-state index contributed by atoms with van der Waals surface area (Å²) >= 11 is 0. The Morgan fingerprint density at radius 1 is 1.14 bits per heavy atom. The van der Waals surface area contributed by atoms with Crippen LogP contribution in [0.15, 0.2) is 30.3 Å². The second kappa shape index (κ2) is 6.03. The highest BCUT2D eigenvalue weighted by Crippen LogP contribution is 2.34. The van der Waals surface area contributed by atoms with Crippen LogP contribution in [-0.2, 0) is 4.79 Å². The molecule has 2 N–H and O–H groups in total. The Morgan fingerprint density at radius 3 is 2.43 bits per heavy atom. The monoisotopic (exact) mass is 289 g/mol. The first-order chi connectivity index (χ1) is 10.2. The second-order valence-electron chi connectivity index (χ2n) is 5.95. The average Bonchev–Trinajstić information content (AvgIpc) is 3.27. The molecule has 1 amide bonds. The lowest BCUT2D eigenvalue weighted by molar-refractivity contribution is -0.135. The number of rotatable bonds is 5. The number of carbonyl (C=O) groups is 1. The Kier molecular flexibility index (Phi) is 4.12. The van der Waals surface area contributed by atoms with E-state index in [4.69, 9.17) is 10.5 Å². The first-order valence-electron chi connectivity index (χ1n) is 7.66. The summed E-state index contributed by atoms with van der Waals surface area (Å²) in [4.78, 5) is 16.4. The maximum atomic E-state index is 12.1. The van der Waals surface area contributed by atoms with Crippen molar-refractivity contribution in [1.29, 1.82) is 0 Å². The minimum absolute atomic E-state index is 0.141. The van der Waals surface area contributed by atoms with E-state index in [1.807, 2.05) is 35.2 Å². The SMILES string of the molecule is NC1(C(=O)N2CCN(CCOc3ccccc3)CC2)CC1. The van der Waals surface area contributed by atoms with Crippen LogP contribution >= 0.6 is 0 Å². The fourth-order valence-corrected chi connectivity index (χ4v) is 2.65. The number of benzene rings is 1. The maximum absolute atomic E-state index is 12.1. The molecule has 0 unspecified atom stereocenters. The summed E-state index contributed by atoms with van der Waals surface area (Å²) in [6, 6.07) is 9.85. The number of hydrogen-bond acceptors (Lipinski definition) is 4. The standard InChI is InChI=1S/C16H23N3O2/c17-16(6-7-16)15(20)19-10-8-18(9-11-19)12-13-21-14-4-2-1-3-5-14/h1-5H,6-13,17H2. The predicted molar refractivity (Wildman–Crippen MR) is 81.1 cm³/mol. The number of piperazine rings is 1. The number of para-hydroxylation sites is 1. The molecule has 0 aromatic heterocycles. The Balaban J connectivity index is 1.37. The molecule has 1 aliphatic carbocycles. The number of ether oxygens (including phenoxy) is 1. The van der Waals surface area contributed by atoms with Gasteiger partial charge in [0.05, 0.1) is 5.54 Å². The first kappa shape index (κ1) is 14.4. The molecule has 0 atom stereocenters. The lowest BCUT2D eigenvalue weighted by atomic mass is 10.2. The molecule has 2 fully saturated rings. The highest BCUT2D eigenvalue weighted by molar-refractivity contribution is 5.89. The van der Waals surface area contributed by atoms with Gasteiger partial charge in [0.15, 0.2) is 0 Å². The molecule has 0 bridgehead atoms. The zero-order valence-electron chi connectivity index (χ0n) is 12.3. The van der Waals surface area contributed by atoms with Crippen LogP contribution in [0.2, 0.25) is 0 Å². The van der Waals surface area contributed by atoms with Crippen LogP contribution in [0.4, 0.5) is 0 Å². The van der Waals surface area contributed by atoms with Crippen molar-refractivity contribution in [2.75, 3.05) is 39.3 Å². The quantitative estimate of drug-likeness (QED) is 0.867. The molecule has 114 valence electrons. The summed E-state index contributed by atoms with van der Waals surface area (Å²) in [5.74, 6) is 1.05. The third kappa shape index (κ3) is 3.54. The zero-order valence-corrected chi connectivity index (χ0v) is 12.3. The van der Waals surface area contributed by atoms with E-state index < -0.39 is 5.54 Å². The van der Waals surface area contributed by atoms with Crippen molar-refractivity contribution in [1.82, 2.24) is 9.80 Å². The van der Waals surface area contributed by atoms with Gasteiger partial charge in [0.2, 0.25) is 5.91 Å². The predicted octanol–water partition coefficient (Wildman–Crippen LogP) is 0.701. The molecule has 0 spiro atoms. The van der Waals surface area contributed by atoms with Crippen molar-refractivity contribution in [2.45, 2.75) is 18.4 Å². The van der Waals surface area contributed by atoms with Gasteiger partial charge >= 0.3 is 0 Å². The average molecular weight is 289 g/mol. The van der Waals surface area contributed by atoms with Gasteiger partial charge in [-0.25, -0.2) is 0 Å². The minimum atomic E-state index is -0.529. The maximum Gasteiger partial charge on any atom is 0.242 e. The normalized spacial score (nSPS) is 21.1. The van der Waals surface area contributed by atoms with E-state index in [0.717, 1.165) is 51.3 Å². The Labute approximate surface area is 125 Å². The summed E-state index contributed by atoms with van der Waals surface area (Å²) in [5, 5.41) is 0. The molecule has 3 rings (SSSR count). The summed E-state index contributed by atoms with van der Waals surface area (Å²) < 4.78 is 5.71. The molecule has 1 aliphatic heterocycles. The minimum Gasteiger partial charge on any atom is -0.492 e. The smallest absolute Gasteiger partial charge is 0.242 e. The summed E-state index contributed by atoms with van der Waals surface area (Å²) in [6.45, 7) is 4.94. The summed E-state index contributed by atoms with van der Waals surface area (Å²) in [5.41, 5.74) is 5.45. The number of hydrogen-bond donors (Lipinski definition) is 1. The molecule has 5 nitrogen and oxygen atoms in total. The van der Waals surface area contributed by atoms with E-state index in [9.17, 15) is 4.79 Å². The number of amides is 1. The van der Waals surface area contributed by atoms with E-state index in [0.29, 0.717) is 6.61 Å². The van der Waals surface area contributed by atoms with E-state index in [2.05, 4.69) is 4.90 Å². The van der Waals surface area contributed by atoms with Gasteiger partial charge in [-0.2, -0.15) is 0 Å². The van der Waals surface area contributed by atoms with Crippen LogP contribution in [0.1, 0.15) is 12.8 Å². The number of nitrogens with zero attached hydrogens (tertiary/aromatic N) is 2. The van der Waals surface area contributed by atoms with Gasteiger partial charge in [-0.05, 0) is 25.0 Å². The van der Waals surface area contributed by atoms with E-state index >= 15 is 0 Å². The number of nitrogens with two attached hydrogens (primary N) is 1. The van der Waals surface area contributed by atoms with Crippen molar-refractivity contribution in [3.05, 3.63) is 30.3 Å². The molecule has 0 radical (unpaired) electrons. The van der Waals surface area contributed by atoms with Gasteiger partial charge in [-0.15, -0.1) is 0 Å². The van der Waals surface area contributed by atoms with Gasteiger partial charge in [0, 0.05) is 32.7 Å². The summed E-state index contributed by atoms with van der Waals surface area (Å²) in [6.07, 6.45) is 1.69. The molecule has 2 aliphatic rings. The van der Waals surface area contributed by atoms with Gasteiger partial charge in [0.1, 0.15) is 12.4 Å². The highest BCUT2D eigenvalue weighted by Gasteiger charge is 2.48. The van der Waals surface area contributed by atoms with Gasteiger partial charge in [-0.1, -0.05) is 18.2 Å². The fourth-order valence-electron chi connectivity index (χ4n) is 2.65. The Bertz CT molecular complexity index is 480. The lowest BCUT2D eigenvalue weighted by Crippen LogP contribution is -2.54. The summed E-state index contributed by atoms with van der Waals surface area (Å²) in [7, 11) is 0. The molecule has 21 heavy (non-hydrogen) atoms. The largest absolute Gasteiger partial charge is 0.492 e. The topological polar surface area (TPSA) is 58.8 Å². The van der Waals surface area contributed by atoms with Crippen molar-refractivity contribution >= 4 is 5.91 Å². The third-order valence-electron chi connectivity index (χ3n) is 4.29. The molecule has 1 saturated heterocycles. The van der Waals surface area contributed by atoms with E-state index in [1.165, 1.54) is 0 Å². The third-order valence-corrected chi connectivity index (χ3v) is 4.29. The lowest BCUT2D eigenvalue weighted by Gasteiger charge is -2.35. The molecule has 1 aromatic carbocycles. The van der Waals surface area contributed by atoms with Crippen molar-refractivity contribution in [3.8, 4) is 5.75 Å². The van der Waals surface area contributed by atoms with Crippen LogP contribution in [-0.4, -0.2) is 60.6 Å².